The van der Waals surface area contributed by atoms with Crippen LogP contribution in [-0.4, -0.2) is 47.6 Å². The molecule has 0 radical (unpaired) electrons. The van der Waals surface area contributed by atoms with E-state index < -0.39 is 0 Å². The van der Waals surface area contributed by atoms with E-state index in [0.29, 0.717) is 11.8 Å². The van der Waals surface area contributed by atoms with Crippen LogP contribution in [0, 0.1) is 0 Å². The van der Waals surface area contributed by atoms with Crippen molar-refractivity contribution in [3.05, 3.63) is 18.0 Å². The van der Waals surface area contributed by atoms with Crippen LogP contribution in [0.3, 0.4) is 0 Å². The summed E-state index contributed by atoms with van der Waals surface area (Å²) in [5.74, 6) is 1.10. The van der Waals surface area contributed by atoms with Gasteiger partial charge in [-0.1, -0.05) is 0 Å². The fourth-order valence-electron chi connectivity index (χ4n) is 1.28. The third-order valence-electron chi connectivity index (χ3n) is 2.17. The molecular weight excluding hydrogens is 208 g/mol. The number of hydrogen-bond donors (Lipinski definition) is 1. The molecule has 0 amide bonds. The third-order valence-corrected chi connectivity index (χ3v) is 3.45. The van der Waals surface area contributed by atoms with Crippen molar-refractivity contribution in [3.63, 3.8) is 0 Å². The molecule has 5 heteroatoms. The van der Waals surface area contributed by atoms with Gasteiger partial charge in [0.25, 0.3) is 0 Å². The molecule has 0 aromatic carbocycles. The predicted molar refractivity (Wildman–Crippen MR) is 66.0 cm³/mol. The molecule has 1 aromatic heterocycles. The highest BCUT2D eigenvalue weighted by Crippen LogP contribution is 2.26. The van der Waals surface area contributed by atoms with Crippen LogP contribution >= 0.6 is 11.8 Å². The topological polar surface area (TPSA) is 47.1 Å². The molecule has 15 heavy (non-hydrogen) atoms. The summed E-state index contributed by atoms with van der Waals surface area (Å²) in [6.45, 7) is 1.76. The molecule has 2 N–H and O–H groups in total. The molecule has 1 atom stereocenters. The van der Waals surface area contributed by atoms with E-state index in [9.17, 15) is 0 Å². The maximum absolute atomic E-state index is 5.76. The van der Waals surface area contributed by atoms with Gasteiger partial charge in [0, 0.05) is 42.9 Å². The molecule has 1 heterocycles. The van der Waals surface area contributed by atoms with Crippen molar-refractivity contribution in [1.29, 1.82) is 0 Å². The first kappa shape index (κ1) is 12.5. The Hall–Kier alpha value is -0.520. The molecule has 0 saturated carbocycles. The number of aryl methyl sites for hydroxylation is 1. The second-order valence-electron chi connectivity index (χ2n) is 3.85. The largest absolute Gasteiger partial charge is 0.329 e. The van der Waals surface area contributed by atoms with Gasteiger partial charge in [-0.15, -0.1) is 0 Å². The van der Waals surface area contributed by atoms with Crippen molar-refractivity contribution < 1.29 is 0 Å². The highest BCUT2D eigenvalue weighted by Gasteiger charge is 2.11. The summed E-state index contributed by atoms with van der Waals surface area (Å²) in [5.41, 5.74) is 6.99. The lowest BCUT2D eigenvalue weighted by Crippen LogP contribution is -2.17. The van der Waals surface area contributed by atoms with Gasteiger partial charge in [-0.05, 0) is 14.1 Å². The molecule has 1 rings (SSSR count). The monoisotopic (exact) mass is 228 g/mol. The zero-order valence-electron chi connectivity index (χ0n) is 9.68. The molecule has 0 fully saturated rings. The van der Waals surface area contributed by atoms with Crippen molar-refractivity contribution in [2.24, 2.45) is 12.8 Å². The number of nitrogens with zero attached hydrogens (tertiary/aromatic N) is 3. The first-order valence-electron chi connectivity index (χ1n) is 5.08. The second-order valence-corrected chi connectivity index (χ2v) is 5.16. The molecule has 0 bridgehead atoms. The Balaban J connectivity index is 2.42. The first-order chi connectivity index (χ1) is 7.13. The number of nitrogens with two attached hydrogens (primary N) is 1. The number of hydrogen-bond acceptors (Lipinski definition) is 4. The number of rotatable bonds is 6. The molecule has 1 unspecified atom stereocenters. The summed E-state index contributed by atoms with van der Waals surface area (Å²) in [4.78, 5) is 2.18. The molecule has 0 saturated heterocycles. The van der Waals surface area contributed by atoms with Gasteiger partial charge in [0.1, 0.15) is 0 Å². The van der Waals surface area contributed by atoms with Gasteiger partial charge in [-0.3, -0.25) is 4.68 Å². The van der Waals surface area contributed by atoms with Crippen LogP contribution in [0.4, 0.5) is 0 Å². The number of thioether (sulfide) groups is 1. The Bertz CT molecular complexity index is 285. The van der Waals surface area contributed by atoms with E-state index in [1.54, 1.807) is 0 Å². The van der Waals surface area contributed by atoms with Gasteiger partial charge in [-0.25, -0.2) is 0 Å². The van der Waals surface area contributed by atoms with Crippen LogP contribution in [0.25, 0.3) is 0 Å². The van der Waals surface area contributed by atoms with E-state index in [-0.39, 0.29) is 0 Å². The van der Waals surface area contributed by atoms with E-state index in [4.69, 9.17) is 5.73 Å². The highest BCUT2D eigenvalue weighted by atomic mass is 32.2. The molecule has 0 aliphatic carbocycles. The normalized spacial score (nSPS) is 13.4. The average molecular weight is 228 g/mol. The Morgan fingerprint density at radius 3 is 2.80 bits per heavy atom. The maximum atomic E-state index is 5.76. The summed E-state index contributed by atoms with van der Waals surface area (Å²) in [7, 11) is 6.10. The minimum absolute atomic E-state index is 0.374. The summed E-state index contributed by atoms with van der Waals surface area (Å²) in [6, 6.07) is 0. The lowest BCUT2D eigenvalue weighted by molar-refractivity contribution is 0.437. The van der Waals surface area contributed by atoms with Gasteiger partial charge in [0.2, 0.25) is 0 Å². The smallest absolute Gasteiger partial charge is 0.0533 e. The van der Waals surface area contributed by atoms with Gasteiger partial charge >= 0.3 is 0 Å². The van der Waals surface area contributed by atoms with Crippen LogP contribution in [0.2, 0.25) is 0 Å². The fourth-order valence-corrected chi connectivity index (χ4v) is 2.49. The Morgan fingerprint density at radius 1 is 1.60 bits per heavy atom. The van der Waals surface area contributed by atoms with Crippen molar-refractivity contribution in [1.82, 2.24) is 14.7 Å². The van der Waals surface area contributed by atoms with E-state index >= 15 is 0 Å². The van der Waals surface area contributed by atoms with Gasteiger partial charge in [0.15, 0.2) is 0 Å². The molecule has 0 spiro atoms. The van der Waals surface area contributed by atoms with Crippen molar-refractivity contribution in [3.8, 4) is 0 Å². The third kappa shape index (κ3) is 4.24. The zero-order valence-corrected chi connectivity index (χ0v) is 10.5. The Kier molecular flexibility index (Phi) is 5.14. The minimum atomic E-state index is 0.374. The molecule has 1 aromatic rings. The summed E-state index contributed by atoms with van der Waals surface area (Å²) in [6.07, 6.45) is 3.94. The average Bonchev–Trinajstić information content (AvgIpc) is 2.59. The molecule has 0 aliphatic rings. The molecular formula is C10H20N4S. The standard InChI is InChI=1S/C10H20N4S/c1-13(2)4-5-15-10(6-11)9-7-12-14(3)8-9/h7-8,10H,4-6,11H2,1-3H3. The van der Waals surface area contributed by atoms with Crippen molar-refractivity contribution >= 4 is 11.8 Å². The van der Waals surface area contributed by atoms with Crippen LogP contribution < -0.4 is 5.73 Å². The molecule has 0 aliphatic heterocycles. The van der Waals surface area contributed by atoms with E-state index in [1.165, 1.54) is 5.56 Å². The first-order valence-corrected chi connectivity index (χ1v) is 6.13. The summed E-state index contributed by atoms with van der Waals surface area (Å²) < 4.78 is 1.82. The highest BCUT2D eigenvalue weighted by molar-refractivity contribution is 7.99. The minimum Gasteiger partial charge on any atom is -0.329 e. The maximum Gasteiger partial charge on any atom is 0.0533 e. The zero-order chi connectivity index (χ0) is 11.3. The SMILES string of the molecule is CN(C)CCSC(CN)c1cnn(C)c1. The van der Waals surface area contributed by atoms with Crippen LogP contribution in [-0.2, 0) is 7.05 Å². The Morgan fingerprint density at radius 2 is 2.33 bits per heavy atom. The fraction of sp³-hybridized carbons (Fsp3) is 0.700. The van der Waals surface area contributed by atoms with E-state index in [1.807, 2.05) is 35.9 Å². The lowest BCUT2D eigenvalue weighted by atomic mass is 10.2. The van der Waals surface area contributed by atoms with Crippen molar-refractivity contribution in [2.45, 2.75) is 5.25 Å². The predicted octanol–water partition coefficient (Wildman–Crippen LogP) is 0.715. The lowest BCUT2D eigenvalue weighted by Gasteiger charge is -2.14. The summed E-state index contributed by atoms with van der Waals surface area (Å²) in [5, 5.41) is 4.54. The second kappa shape index (κ2) is 6.15. The van der Waals surface area contributed by atoms with Crippen molar-refractivity contribution in [2.75, 3.05) is 32.9 Å². The quantitative estimate of drug-likeness (QED) is 0.779. The van der Waals surface area contributed by atoms with Gasteiger partial charge in [0.05, 0.1) is 6.20 Å². The number of aromatic nitrogens is 2. The Labute approximate surface area is 95.8 Å². The molecule has 4 nitrogen and oxygen atoms in total. The van der Waals surface area contributed by atoms with Gasteiger partial charge < -0.3 is 10.6 Å². The van der Waals surface area contributed by atoms with Gasteiger partial charge in [-0.2, -0.15) is 16.9 Å². The van der Waals surface area contributed by atoms with Crippen LogP contribution in [0.1, 0.15) is 10.8 Å². The summed E-state index contributed by atoms with van der Waals surface area (Å²) >= 11 is 1.90. The molecule has 86 valence electrons. The van der Waals surface area contributed by atoms with E-state index in [2.05, 4.69) is 24.1 Å². The van der Waals surface area contributed by atoms with E-state index in [0.717, 1.165) is 12.3 Å². The van der Waals surface area contributed by atoms with Crippen LogP contribution in [0.5, 0.6) is 0 Å². The van der Waals surface area contributed by atoms with Crippen LogP contribution in [0.15, 0.2) is 12.4 Å².